The topological polar surface area (TPSA) is 85.1 Å². The lowest BCUT2D eigenvalue weighted by molar-refractivity contribution is -0.385. The van der Waals surface area contributed by atoms with E-state index in [-0.39, 0.29) is 11.3 Å². The van der Waals surface area contributed by atoms with Gasteiger partial charge in [-0.2, -0.15) is 0 Å². The number of aryl methyl sites for hydroxylation is 2. The summed E-state index contributed by atoms with van der Waals surface area (Å²) in [5.41, 5.74) is 3.56. The first-order valence-electron chi connectivity index (χ1n) is 7.53. The van der Waals surface area contributed by atoms with Gasteiger partial charge in [-0.1, -0.05) is 35.9 Å². The molecule has 2 aromatic carbocycles. The number of aromatic nitrogens is 1. The highest BCUT2D eigenvalue weighted by Crippen LogP contribution is 2.26. The van der Waals surface area contributed by atoms with Crippen LogP contribution in [0.1, 0.15) is 21.5 Å². The van der Waals surface area contributed by atoms with E-state index in [1.165, 1.54) is 17.4 Å². The Balaban J connectivity index is 1.79. The molecule has 0 aliphatic rings. The number of nitrogens with one attached hydrogen (secondary N) is 1. The Bertz CT molecular complexity index is 948. The number of benzene rings is 2. The molecule has 0 fully saturated rings. The van der Waals surface area contributed by atoms with E-state index in [0.717, 1.165) is 16.8 Å². The number of carbonyl (C=O) groups is 1. The fraction of sp³-hybridized carbons (Fsp3) is 0.111. The fourth-order valence-electron chi connectivity index (χ4n) is 2.30. The van der Waals surface area contributed by atoms with Gasteiger partial charge in [0.15, 0.2) is 5.13 Å². The first-order valence-corrected chi connectivity index (χ1v) is 8.41. The molecular formula is C18H15N3O3S. The summed E-state index contributed by atoms with van der Waals surface area (Å²) >= 11 is 1.31. The van der Waals surface area contributed by atoms with Gasteiger partial charge in [-0.15, -0.1) is 11.3 Å². The first kappa shape index (κ1) is 16.8. The summed E-state index contributed by atoms with van der Waals surface area (Å²) in [6.45, 7) is 3.64. The summed E-state index contributed by atoms with van der Waals surface area (Å²) in [5, 5.41) is 16.0. The maximum Gasteiger partial charge on any atom is 0.273 e. The van der Waals surface area contributed by atoms with E-state index < -0.39 is 10.8 Å². The lowest BCUT2D eigenvalue weighted by Crippen LogP contribution is -2.12. The molecule has 7 heteroatoms. The maximum atomic E-state index is 12.3. The van der Waals surface area contributed by atoms with Crippen LogP contribution in [0.4, 0.5) is 10.8 Å². The smallest absolute Gasteiger partial charge is 0.273 e. The molecule has 0 aliphatic heterocycles. The van der Waals surface area contributed by atoms with E-state index in [9.17, 15) is 14.9 Å². The van der Waals surface area contributed by atoms with Gasteiger partial charge in [0.05, 0.1) is 10.6 Å². The zero-order chi connectivity index (χ0) is 18.0. The SMILES string of the molecule is Cc1ccc(-c2csc(NC(=O)c3ccc(C)c([N+](=O)[O-])c3)n2)cc1. The van der Waals surface area contributed by atoms with Crippen molar-refractivity contribution >= 4 is 28.1 Å². The van der Waals surface area contributed by atoms with Crippen molar-refractivity contribution in [3.8, 4) is 11.3 Å². The number of amides is 1. The molecule has 0 atom stereocenters. The van der Waals surface area contributed by atoms with Gasteiger partial charge in [0, 0.05) is 28.1 Å². The Morgan fingerprint density at radius 3 is 2.56 bits per heavy atom. The number of carbonyl (C=O) groups excluding carboxylic acids is 1. The monoisotopic (exact) mass is 353 g/mol. The van der Waals surface area contributed by atoms with Crippen LogP contribution in [0.5, 0.6) is 0 Å². The van der Waals surface area contributed by atoms with E-state index in [1.807, 2.05) is 36.6 Å². The van der Waals surface area contributed by atoms with Crippen LogP contribution in [-0.2, 0) is 0 Å². The standard InChI is InChI=1S/C18H15N3O3S/c1-11-3-6-13(7-4-11)15-10-25-18(19-15)20-17(22)14-8-5-12(2)16(9-14)21(23)24/h3-10H,1-2H3,(H,19,20,22). The van der Waals surface area contributed by atoms with Crippen molar-refractivity contribution in [1.82, 2.24) is 4.98 Å². The van der Waals surface area contributed by atoms with Crippen LogP contribution in [-0.4, -0.2) is 15.8 Å². The number of rotatable bonds is 4. The number of nitrogens with zero attached hydrogens (tertiary/aromatic N) is 2. The third-order valence-electron chi connectivity index (χ3n) is 3.74. The second-order valence-corrected chi connectivity index (χ2v) is 6.47. The summed E-state index contributed by atoms with van der Waals surface area (Å²) in [6, 6.07) is 12.3. The second kappa shape index (κ2) is 6.82. The number of nitro groups is 1. The van der Waals surface area contributed by atoms with E-state index >= 15 is 0 Å². The third-order valence-corrected chi connectivity index (χ3v) is 4.50. The average Bonchev–Trinajstić information content (AvgIpc) is 3.04. The Hall–Kier alpha value is -3.06. The van der Waals surface area contributed by atoms with Crippen molar-refractivity contribution in [2.24, 2.45) is 0 Å². The number of hydrogen-bond acceptors (Lipinski definition) is 5. The van der Waals surface area contributed by atoms with Gasteiger partial charge >= 0.3 is 0 Å². The van der Waals surface area contributed by atoms with Crippen LogP contribution in [0.2, 0.25) is 0 Å². The highest BCUT2D eigenvalue weighted by molar-refractivity contribution is 7.14. The van der Waals surface area contributed by atoms with Crippen LogP contribution in [0, 0.1) is 24.0 Å². The molecule has 25 heavy (non-hydrogen) atoms. The van der Waals surface area contributed by atoms with Crippen LogP contribution >= 0.6 is 11.3 Å². The quantitative estimate of drug-likeness (QED) is 0.549. The number of anilines is 1. The van der Waals surface area contributed by atoms with Crippen LogP contribution in [0.3, 0.4) is 0 Å². The van der Waals surface area contributed by atoms with E-state index in [4.69, 9.17) is 0 Å². The molecule has 0 unspecified atom stereocenters. The lowest BCUT2D eigenvalue weighted by atomic mass is 10.1. The molecule has 0 aliphatic carbocycles. The molecule has 1 aromatic heterocycles. The first-order chi connectivity index (χ1) is 11.9. The minimum absolute atomic E-state index is 0.0767. The lowest BCUT2D eigenvalue weighted by Gasteiger charge is -2.03. The van der Waals surface area contributed by atoms with Gasteiger partial charge in [0.1, 0.15) is 0 Å². The minimum atomic E-state index is -0.495. The Labute approximate surface area is 148 Å². The summed E-state index contributed by atoms with van der Waals surface area (Å²) in [4.78, 5) is 27.2. The highest BCUT2D eigenvalue weighted by atomic mass is 32.1. The minimum Gasteiger partial charge on any atom is -0.298 e. The van der Waals surface area contributed by atoms with Crippen LogP contribution in [0.15, 0.2) is 47.8 Å². The third kappa shape index (κ3) is 3.72. The molecule has 0 saturated carbocycles. The van der Waals surface area contributed by atoms with E-state index in [1.54, 1.807) is 19.1 Å². The zero-order valence-corrected chi connectivity index (χ0v) is 14.5. The zero-order valence-electron chi connectivity index (χ0n) is 13.6. The molecule has 3 aromatic rings. The summed E-state index contributed by atoms with van der Waals surface area (Å²) in [6.07, 6.45) is 0. The molecule has 126 valence electrons. The van der Waals surface area contributed by atoms with Crippen LogP contribution < -0.4 is 5.32 Å². The number of hydrogen-bond donors (Lipinski definition) is 1. The Morgan fingerprint density at radius 2 is 1.88 bits per heavy atom. The van der Waals surface area contributed by atoms with Crippen molar-refractivity contribution < 1.29 is 9.72 Å². The normalized spacial score (nSPS) is 10.5. The summed E-state index contributed by atoms with van der Waals surface area (Å²) < 4.78 is 0. The molecule has 1 heterocycles. The van der Waals surface area contributed by atoms with Gasteiger partial charge in [-0.3, -0.25) is 20.2 Å². The highest BCUT2D eigenvalue weighted by Gasteiger charge is 2.16. The Kier molecular flexibility index (Phi) is 4.58. The molecule has 0 bridgehead atoms. The predicted octanol–water partition coefficient (Wildman–Crippen LogP) is 4.59. The van der Waals surface area contributed by atoms with Gasteiger partial charge < -0.3 is 0 Å². The molecule has 6 nitrogen and oxygen atoms in total. The summed E-state index contributed by atoms with van der Waals surface area (Å²) in [5.74, 6) is -0.423. The molecule has 1 amide bonds. The summed E-state index contributed by atoms with van der Waals surface area (Å²) in [7, 11) is 0. The fourth-order valence-corrected chi connectivity index (χ4v) is 3.02. The van der Waals surface area contributed by atoms with Gasteiger partial charge in [0.25, 0.3) is 11.6 Å². The average molecular weight is 353 g/mol. The van der Waals surface area contributed by atoms with Crippen LogP contribution in [0.25, 0.3) is 11.3 Å². The number of thiazole rings is 1. The maximum absolute atomic E-state index is 12.3. The van der Waals surface area contributed by atoms with Crippen molar-refractivity contribution in [3.63, 3.8) is 0 Å². The van der Waals surface area contributed by atoms with Gasteiger partial charge in [0.2, 0.25) is 0 Å². The van der Waals surface area contributed by atoms with Gasteiger partial charge in [-0.05, 0) is 19.9 Å². The molecule has 0 radical (unpaired) electrons. The van der Waals surface area contributed by atoms with E-state index in [0.29, 0.717) is 10.7 Å². The van der Waals surface area contributed by atoms with E-state index in [2.05, 4.69) is 10.3 Å². The molecular weight excluding hydrogens is 338 g/mol. The molecule has 3 rings (SSSR count). The number of nitro benzene ring substituents is 1. The van der Waals surface area contributed by atoms with Crippen molar-refractivity contribution in [1.29, 1.82) is 0 Å². The molecule has 0 saturated heterocycles. The van der Waals surface area contributed by atoms with Crippen molar-refractivity contribution in [3.05, 3.63) is 74.6 Å². The predicted molar refractivity (Wildman–Crippen MR) is 98.1 cm³/mol. The molecule has 0 spiro atoms. The second-order valence-electron chi connectivity index (χ2n) is 5.62. The van der Waals surface area contributed by atoms with Crippen molar-refractivity contribution in [2.75, 3.05) is 5.32 Å². The molecule has 1 N–H and O–H groups in total. The van der Waals surface area contributed by atoms with Gasteiger partial charge in [-0.25, -0.2) is 4.98 Å². The van der Waals surface area contributed by atoms with Crippen molar-refractivity contribution in [2.45, 2.75) is 13.8 Å². The largest absolute Gasteiger partial charge is 0.298 e. The Morgan fingerprint density at radius 1 is 1.16 bits per heavy atom.